The number of allylic oxidation sites excluding steroid dienone is 5. The zero-order valence-electron chi connectivity index (χ0n) is 61.4. The summed E-state index contributed by atoms with van der Waals surface area (Å²) in [7, 11) is 0. The van der Waals surface area contributed by atoms with Crippen molar-refractivity contribution in [1.29, 1.82) is 0 Å². The monoisotopic (exact) mass is 1410 g/mol. The van der Waals surface area contributed by atoms with Gasteiger partial charge in [-0.05, 0) is 197 Å². The number of hydrogen-bond acceptors (Lipinski definition) is 5. The molecule has 5 heteroatoms. The Kier molecular flexibility index (Phi) is 14.8. The minimum absolute atomic E-state index is 0.187. The van der Waals surface area contributed by atoms with Gasteiger partial charge in [0.15, 0.2) is 0 Å². The number of nitrogens with zero attached hydrogens (tertiary/aromatic N) is 3. The Morgan fingerprint density at radius 2 is 1.13 bits per heavy atom. The van der Waals surface area contributed by atoms with Crippen molar-refractivity contribution in [2.75, 3.05) is 21.2 Å². The second-order valence-electron chi connectivity index (χ2n) is 31.3. The SMILES string of the molecule is CC1(C)c2ccccc2-c2cc(N(c3cc4ccccc4cc3-c3ccc4ccccc4c3)c3cccc4c3OC3C(CN5Cc6ccccc6-c6ccccc65)=Cc5cc(N(c6ccccc6)c6cccc(-c7ccccc7)c6)c6ccc7c8c(oc7c6c5C43)C=CC(C3=CCC(c4ccccc4)C=C3)C8)ccc21. The highest BCUT2D eigenvalue weighted by molar-refractivity contribution is 6.16. The van der Waals surface area contributed by atoms with Crippen LogP contribution in [0.1, 0.15) is 82.4 Å². The third kappa shape index (κ3) is 10.4. The molecule has 3 heterocycles. The van der Waals surface area contributed by atoms with Gasteiger partial charge in [-0.2, -0.15) is 0 Å². The van der Waals surface area contributed by atoms with Gasteiger partial charge < -0.3 is 23.9 Å². The van der Waals surface area contributed by atoms with Gasteiger partial charge in [-0.3, -0.25) is 0 Å². The minimum Gasteiger partial charge on any atom is -0.482 e. The number of benzene rings is 15. The smallest absolute Gasteiger partial charge is 0.148 e. The summed E-state index contributed by atoms with van der Waals surface area (Å²) in [5, 5.41) is 8.08. The molecule has 0 N–H and O–H groups in total. The predicted molar refractivity (Wildman–Crippen MR) is 457 cm³/mol. The van der Waals surface area contributed by atoms with Gasteiger partial charge in [0.1, 0.15) is 23.2 Å². The fourth-order valence-corrected chi connectivity index (χ4v) is 19.5. The molecule has 4 aliphatic carbocycles. The lowest BCUT2D eigenvalue weighted by Crippen LogP contribution is -2.36. The van der Waals surface area contributed by atoms with Crippen LogP contribution >= 0.6 is 0 Å². The molecule has 0 fully saturated rings. The fourth-order valence-electron chi connectivity index (χ4n) is 19.5. The van der Waals surface area contributed by atoms with Gasteiger partial charge >= 0.3 is 0 Å². The van der Waals surface area contributed by atoms with E-state index in [2.05, 4.69) is 387 Å². The van der Waals surface area contributed by atoms with Crippen LogP contribution in [-0.2, 0) is 18.4 Å². The summed E-state index contributed by atoms with van der Waals surface area (Å²) in [5.41, 5.74) is 30.4. The molecule has 16 aromatic rings. The molecule has 0 saturated carbocycles. The lowest BCUT2D eigenvalue weighted by atomic mass is 9.75. The van der Waals surface area contributed by atoms with Crippen LogP contribution in [0.5, 0.6) is 5.75 Å². The molecule has 6 aliphatic rings. The lowest BCUT2D eigenvalue weighted by Gasteiger charge is -2.37. The quantitative estimate of drug-likeness (QED) is 0.122. The summed E-state index contributed by atoms with van der Waals surface area (Å²) in [6.07, 6.45) is 15.8. The largest absolute Gasteiger partial charge is 0.482 e. The van der Waals surface area contributed by atoms with Crippen LogP contribution < -0.4 is 19.4 Å². The summed E-state index contributed by atoms with van der Waals surface area (Å²) in [5.74, 6) is 2.03. The van der Waals surface area contributed by atoms with Crippen molar-refractivity contribution in [3.8, 4) is 50.3 Å². The molecule has 0 bridgehead atoms. The third-order valence-corrected chi connectivity index (χ3v) is 24.7. The van der Waals surface area contributed by atoms with E-state index in [0.717, 1.165) is 126 Å². The predicted octanol–water partition coefficient (Wildman–Crippen LogP) is 27.3. The van der Waals surface area contributed by atoms with Crippen molar-refractivity contribution in [3.63, 3.8) is 0 Å². The molecule has 110 heavy (non-hydrogen) atoms. The van der Waals surface area contributed by atoms with Gasteiger partial charge in [0.05, 0.1) is 23.0 Å². The zero-order valence-corrected chi connectivity index (χ0v) is 61.4. The number of para-hydroxylation sites is 3. The first-order valence-corrected chi connectivity index (χ1v) is 38.9. The highest BCUT2D eigenvalue weighted by Gasteiger charge is 2.47. The van der Waals surface area contributed by atoms with Crippen molar-refractivity contribution < 1.29 is 9.15 Å². The molecule has 1 aromatic heterocycles. The maximum atomic E-state index is 8.34. The third-order valence-electron chi connectivity index (χ3n) is 24.7. The van der Waals surface area contributed by atoms with Gasteiger partial charge in [0.25, 0.3) is 0 Å². The van der Waals surface area contributed by atoms with Gasteiger partial charge in [-0.1, -0.05) is 287 Å². The average Bonchev–Trinajstić information content (AvgIpc) is 1.48. The Balaban J connectivity index is 0.799. The number of furan rings is 1. The second kappa shape index (κ2) is 25.5. The fraction of sp³-hybridized carbons (Fsp3) is 0.105. The molecular formula is C105H77N3O2. The normalized spacial score (nSPS) is 17.3. The molecule has 0 saturated heterocycles. The van der Waals surface area contributed by atoms with Crippen LogP contribution in [0, 0.1) is 5.92 Å². The van der Waals surface area contributed by atoms with E-state index < -0.39 is 6.10 Å². The van der Waals surface area contributed by atoms with E-state index in [9.17, 15) is 0 Å². The van der Waals surface area contributed by atoms with E-state index in [1.807, 2.05) is 0 Å². The molecule has 0 spiro atoms. The Morgan fingerprint density at radius 1 is 0.455 bits per heavy atom. The van der Waals surface area contributed by atoms with Gasteiger partial charge in [-0.25, -0.2) is 0 Å². The van der Waals surface area contributed by atoms with Crippen molar-refractivity contribution in [1.82, 2.24) is 0 Å². The zero-order chi connectivity index (χ0) is 72.7. The van der Waals surface area contributed by atoms with Crippen LogP contribution in [0.2, 0.25) is 0 Å². The van der Waals surface area contributed by atoms with Crippen LogP contribution in [-0.4, -0.2) is 12.6 Å². The molecular weight excluding hydrogens is 1340 g/mol. The van der Waals surface area contributed by atoms with Gasteiger partial charge in [0.2, 0.25) is 0 Å². The van der Waals surface area contributed by atoms with Crippen molar-refractivity contribution >= 4 is 95.3 Å². The van der Waals surface area contributed by atoms with E-state index in [1.54, 1.807) is 0 Å². The Hall–Kier alpha value is -13.2. The molecule has 15 aromatic carbocycles. The maximum absolute atomic E-state index is 8.34. The molecule has 4 atom stereocenters. The first-order chi connectivity index (χ1) is 54.3. The molecule has 22 rings (SSSR count). The van der Waals surface area contributed by atoms with Gasteiger partial charge in [-0.15, -0.1) is 0 Å². The summed E-state index contributed by atoms with van der Waals surface area (Å²) in [6.45, 7) is 6.12. The number of ether oxygens (including phenoxy) is 1. The molecule has 524 valence electrons. The van der Waals surface area contributed by atoms with E-state index in [1.165, 1.54) is 88.6 Å². The van der Waals surface area contributed by atoms with E-state index in [4.69, 9.17) is 9.15 Å². The Bertz CT molecular complexity index is 6590. The van der Waals surface area contributed by atoms with Gasteiger partial charge in [0, 0.05) is 91.5 Å². The summed E-state index contributed by atoms with van der Waals surface area (Å²) in [6, 6.07) is 120. The highest BCUT2D eigenvalue weighted by Crippen LogP contribution is 2.61. The van der Waals surface area contributed by atoms with E-state index >= 15 is 0 Å². The Morgan fingerprint density at radius 3 is 1.95 bits per heavy atom. The minimum atomic E-state index is -0.440. The highest BCUT2D eigenvalue weighted by atomic mass is 16.5. The molecule has 0 radical (unpaired) electrons. The first-order valence-electron chi connectivity index (χ1n) is 38.9. The number of rotatable bonds is 12. The van der Waals surface area contributed by atoms with Crippen molar-refractivity contribution in [2.24, 2.45) is 5.92 Å². The number of hydrogen-bond donors (Lipinski definition) is 0. The second-order valence-corrected chi connectivity index (χ2v) is 31.3. The van der Waals surface area contributed by atoms with E-state index in [-0.39, 0.29) is 17.3 Å². The summed E-state index contributed by atoms with van der Waals surface area (Å²) < 4.78 is 16.0. The summed E-state index contributed by atoms with van der Waals surface area (Å²) >= 11 is 0. The molecule has 0 amide bonds. The first kappa shape index (κ1) is 64.0. The van der Waals surface area contributed by atoms with Crippen LogP contribution in [0.15, 0.2) is 361 Å². The van der Waals surface area contributed by atoms with Crippen LogP contribution in [0.3, 0.4) is 0 Å². The van der Waals surface area contributed by atoms with Crippen LogP contribution in [0.4, 0.5) is 39.8 Å². The summed E-state index contributed by atoms with van der Waals surface area (Å²) in [4.78, 5) is 7.64. The average molecular weight is 1410 g/mol. The molecule has 2 aliphatic heterocycles. The molecule has 4 unspecified atom stereocenters. The maximum Gasteiger partial charge on any atom is 0.148 e. The topological polar surface area (TPSA) is 32.1 Å². The van der Waals surface area contributed by atoms with E-state index in [0.29, 0.717) is 12.5 Å². The van der Waals surface area contributed by atoms with Crippen molar-refractivity contribution in [2.45, 2.75) is 56.6 Å². The molecule has 5 nitrogen and oxygen atoms in total. The Labute approximate surface area is 641 Å². The van der Waals surface area contributed by atoms with Crippen molar-refractivity contribution in [3.05, 3.63) is 407 Å². The number of anilines is 7. The number of fused-ring (bicyclic) bond motifs is 19. The van der Waals surface area contributed by atoms with Crippen LogP contribution in [0.25, 0.3) is 99.9 Å². The standard InChI is InChI=1S/C105H77N3O2/c1-105(2)92-41-20-18-38-84(92)90-63-82(51-54-93(90)105)108(97-61-74-31-15-14-30-73(74)59-89(97)76-49-48-68-28-12-13-29-71(68)56-76)95-43-23-40-88-101-99-78(57-79(102(101)110-103(88)95)65-106-64-77-32-16-17-37-83(77)85-39-19-21-42-94(85)106)62-96(107(80-34-10-5-11-35-80)81-36-22-33-72(58-81)67-26-8-4-9-27-67)87-53-52-86-91-60-75(50-55-98(91)109-104(86)100(87)99)70-46-44-69(45-47-70)66-24-6-3-7-25-66/h3-44,46-59,61-63,69,75,101-102H,45,60,64-65H2,1-2H3. The lowest BCUT2D eigenvalue weighted by molar-refractivity contribution is 0.253.